The van der Waals surface area contributed by atoms with Crippen molar-refractivity contribution >= 4 is 0 Å². The summed E-state index contributed by atoms with van der Waals surface area (Å²) in [5.41, 5.74) is 6.00. The molecule has 2 aliphatic rings. The number of ether oxygens (including phenoxy) is 1. The van der Waals surface area contributed by atoms with Crippen LogP contribution in [0.1, 0.15) is 45.4 Å². The van der Waals surface area contributed by atoms with Crippen molar-refractivity contribution in [1.82, 2.24) is 4.90 Å². The highest BCUT2D eigenvalue weighted by Crippen LogP contribution is 2.31. The monoisotopic (exact) mass is 240 g/mol. The van der Waals surface area contributed by atoms with E-state index in [2.05, 4.69) is 11.8 Å². The third kappa shape index (κ3) is 3.43. The lowest BCUT2D eigenvalue weighted by atomic mass is 9.94. The van der Waals surface area contributed by atoms with Gasteiger partial charge in [-0.25, -0.2) is 0 Å². The summed E-state index contributed by atoms with van der Waals surface area (Å²) in [6.07, 6.45) is 8.50. The van der Waals surface area contributed by atoms with E-state index < -0.39 is 0 Å². The summed E-state index contributed by atoms with van der Waals surface area (Å²) in [7, 11) is 0. The zero-order valence-electron chi connectivity index (χ0n) is 11.2. The van der Waals surface area contributed by atoms with Gasteiger partial charge < -0.3 is 10.5 Å². The lowest BCUT2D eigenvalue weighted by Crippen LogP contribution is -2.49. The molecule has 2 N–H and O–H groups in total. The average molecular weight is 240 g/mol. The van der Waals surface area contributed by atoms with Crippen LogP contribution in [0.4, 0.5) is 0 Å². The molecule has 2 fully saturated rings. The van der Waals surface area contributed by atoms with Gasteiger partial charge in [0.15, 0.2) is 0 Å². The van der Waals surface area contributed by atoms with Gasteiger partial charge in [0.2, 0.25) is 0 Å². The molecule has 17 heavy (non-hydrogen) atoms. The van der Waals surface area contributed by atoms with Gasteiger partial charge in [-0.3, -0.25) is 4.90 Å². The standard InChI is InChI=1S/C14H28N2O/c1-2-17-13-7-9-16(10-8-13)14(11-15)12-5-3-4-6-12/h12-14H,2-11,15H2,1H3. The van der Waals surface area contributed by atoms with Gasteiger partial charge in [0.1, 0.15) is 0 Å². The summed E-state index contributed by atoms with van der Waals surface area (Å²) in [4.78, 5) is 2.63. The Labute approximate surface area is 106 Å². The van der Waals surface area contributed by atoms with Crippen molar-refractivity contribution in [2.45, 2.75) is 57.6 Å². The Balaban J connectivity index is 1.81. The number of rotatable bonds is 5. The number of piperidine rings is 1. The Morgan fingerprint density at radius 3 is 2.35 bits per heavy atom. The van der Waals surface area contributed by atoms with Crippen molar-refractivity contribution in [3.05, 3.63) is 0 Å². The van der Waals surface area contributed by atoms with Crippen molar-refractivity contribution in [2.24, 2.45) is 11.7 Å². The number of hydrogen-bond donors (Lipinski definition) is 1. The SMILES string of the molecule is CCOC1CCN(C(CN)C2CCCC2)CC1. The van der Waals surface area contributed by atoms with Crippen molar-refractivity contribution in [1.29, 1.82) is 0 Å². The van der Waals surface area contributed by atoms with Gasteiger partial charge in [-0.2, -0.15) is 0 Å². The molecule has 0 aromatic heterocycles. The third-order valence-corrected chi connectivity index (χ3v) is 4.53. The normalized spacial score (nSPS) is 26.5. The molecule has 1 unspecified atom stereocenters. The Bertz CT molecular complexity index is 208. The van der Waals surface area contributed by atoms with Crippen LogP contribution in [-0.4, -0.2) is 43.3 Å². The molecule has 1 atom stereocenters. The van der Waals surface area contributed by atoms with Crippen molar-refractivity contribution < 1.29 is 4.74 Å². The van der Waals surface area contributed by atoms with Gasteiger partial charge >= 0.3 is 0 Å². The molecule has 0 aromatic rings. The van der Waals surface area contributed by atoms with Gasteiger partial charge in [-0.05, 0) is 38.5 Å². The van der Waals surface area contributed by atoms with Crippen LogP contribution in [0.5, 0.6) is 0 Å². The maximum absolute atomic E-state index is 6.00. The molecule has 3 heteroatoms. The number of hydrogen-bond acceptors (Lipinski definition) is 3. The molecule has 0 spiro atoms. The van der Waals surface area contributed by atoms with E-state index in [1.807, 2.05) is 0 Å². The van der Waals surface area contributed by atoms with Gasteiger partial charge in [0.05, 0.1) is 6.10 Å². The average Bonchev–Trinajstić information content (AvgIpc) is 2.86. The first-order valence-corrected chi connectivity index (χ1v) is 7.40. The maximum Gasteiger partial charge on any atom is 0.0599 e. The second-order valence-electron chi connectivity index (χ2n) is 5.54. The van der Waals surface area contributed by atoms with E-state index in [1.54, 1.807) is 0 Å². The first-order valence-electron chi connectivity index (χ1n) is 7.40. The van der Waals surface area contributed by atoms with Gasteiger partial charge in [-0.1, -0.05) is 12.8 Å². The second kappa shape index (κ2) is 6.72. The molecule has 3 nitrogen and oxygen atoms in total. The molecule has 0 amide bonds. The number of nitrogens with two attached hydrogens (primary N) is 1. The number of nitrogens with zero attached hydrogens (tertiary/aromatic N) is 1. The zero-order valence-corrected chi connectivity index (χ0v) is 11.2. The van der Waals surface area contributed by atoms with Crippen molar-refractivity contribution in [3.8, 4) is 0 Å². The van der Waals surface area contributed by atoms with Crippen LogP contribution in [-0.2, 0) is 4.74 Å². The first kappa shape index (κ1) is 13.3. The highest BCUT2D eigenvalue weighted by molar-refractivity contribution is 4.86. The fourth-order valence-corrected chi connectivity index (χ4v) is 3.59. The largest absolute Gasteiger partial charge is 0.378 e. The molecule has 100 valence electrons. The highest BCUT2D eigenvalue weighted by Gasteiger charge is 2.31. The fourth-order valence-electron chi connectivity index (χ4n) is 3.59. The number of likely N-dealkylation sites (tertiary alicyclic amines) is 1. The molecule has 1 saturated carbocycles. The third-order valence-electron chi connectivity index (χ3n) is 4.53. The molecular weight excluding hydrogens is 212 g/mol. The van der Waals surface area contributed by atoms with E-state index >= 15 is 0 Å². The van der Waals surface area contributed by atoms with Crippen LogP contribution in [0.3, 0.4) is 0 Å². The van der Waals surface area contributed by atoms with E-state index in [0.717, 1.165) is 19.1 Å². The summed E-state index contributed by atoms with van der Waals surface area (Å²) >= 11 is 0. The summed E-state index contributed by atoms with van der Waals surface area (Å²) in [6, 6.07) is 0.639. The van der Waals surface area contributed by atoms with E-state index in [9.17, 15) is 0 Å². The molecule has 1 aliphatic carbocycles. The molecular formula is C14H28N2O. The predicted molar refractivity (Wildman–Crippen MR) is 71.0 cm³/mol. The molecule has 0 radical (unpaired) electrons. The minimum absolute atomic E-state index is 0.498. The molecule has 1 heterocycles. The van der Waals surface area contributed by atoms with Crippen LogP contribution in [0.15, 0.2) is 0 Å². The van der Waals surface area contributed by atoms with E-state index in [0.29, 0.717) is 12.1 Å². The smallest absolute Gasteiger partial charge is 0.0599 e. The lowest BCUT2D eigenvalue weighted by molar-refractivity contribution is -0.00214. The van der Waals surface area contributed by atoms with Crippen LogP contribution in [0, 0.1) is 5.92 Å². The topological polar surface area (TPSA) is 38.5 Å². The highest BCUT2D eigenvalue weighted by atomic mass is 16.5. The lowest BCUT2D eigenvalue weighted by Gasteiger charge is -2.39. The summed E-state index contributed by atoms with van der Waals surface area (Å²) in [6.45, 7) is 6.15. The molecule has 0 bridgehead atoms. The molecule has 0 aromatic carbocycles. The van der Waals surface area contributed by atoms with Crippen LogP contribution >= 0.6 is 0 Å². The molecule has 2 rings (SSSR count). The fraction of sp³-hybridized carbons (Fsp3) is 1.00. The van der Waals surface area contributed by atoms with E-state index in [-0.39, 0.29) is 0 Å². The van der Waals surface area contributed by atoms with Crippen molar-refractivity contribution in [2.75, 3.05) is 26.2 Å². The minimum atomic E-state index is 0.498. The molecule has 1 aliphatic heterocycles. The van der Waals surface area contributed by atoms with Crippen LogP contribution in [0.25, 0.3) is 0 Å². The quantitative estimate of drug-likeness (QED) is 0.799. The van der Waals surface area contributed by atoms with Crippen LogP contribution < -0.4 is 5.73 Å². The van der Waals surface area contributed by atoms with E-state index in [1.165, 1.54) is 51.6 Å². The van der Waals surface area contributed by atoms with Crippen molar-refractivity contribution in [3.63, 3.8) is 0 Å². The Kier molecular flexibility index (Phi) is 5.26. The summed E-state index contributed by atoms with van der Waals surface area (Å²) in [5, 5.41) is 0. The van der Waals surface area contributed by atoms with Crippen LogP contribution in [0.2, 0.25) is 0 Å². The summed E-state index contributed by atoms with van der Waals surface area (Å²) < 4.78 is 5.71. The van der Waals surface area contributed by atoms with Gasteiger partial charge in [0.25, 0.3) is 0 Å². The predicted octanol–water partition coefficient (Wildman–Crippen LogP) is 2.00. The Morgan fingerprint density at radius 1 is 1.18 bits per heavy atom. The minimum Gasteiger partial charge on any atom is -0.378 e. The Morgan fingerprint density at radius 2 is 1.82 bits per heavy atom. The zero-order chi connectivity index (χ0) is 12.1. The maximum atomic E-state index is 6.00. The molecule has 1 saturated heterocycles. The van der Waals surface area contributed by atoms with E-state index in [4.69, 9.17) is 10.5 Å². The van der Waals surface area contributed by atoms with Gasteiger partial charge in [-0.15, -0.1) is 0 Å². The van der Waals surface area contributed by atoms with Gasteiger partial charge in [0, 0.05) is 32.3 Å². The Hall–Kier alpha value is -0.120. The second-order valence-corrected chi connectivity index (χ2v) is 5.54. The summed E-state index contributed by atoms with van der Waals surface area (Å²) in [5.74, 6) is 0.864. The first-order chi connectivity index (χ1) is 8.35.